The minimum absolute atomic E-state index is 0.0333. The Morgan fingerprint density at radius 3 is 3.08 bits per heavy atom. The first-order chi connectivity index (χ1) is 12.1. The van der Waals surface area contributed by atoms with Gasteiger partial charge in [0.05, 0.1) is 18.6 Å². The Balaban J connectivity index is 1.67. The van der Waals surface area contributed by atoms with Crippen LogP contribution in [0.3, 0.4) is 0 Å². The Hall–Kier alpha value is -2.06. The molecule has 2 aromatic rings. The molecule has 25 heavy (non-hydrogen) atoms. The summed E-state index contributed by atoms with van der Waals surface area (Å²) in [5, 5.41) is 3.61. The fourth-order valence-electron chi connectivity index (χ4n) is 2.49. The second-order valence-corrected chi connectivity index (χ2v) is 7.21. The average Bonchev–Trinajstić information content (AvgIpc) is 2.62. The summed E-state index contributed by atoms with van der Waals surface area (Å²) < 4.78 is 6.20. The molecule has 3 rings (SSSR count). The highest BCUT2D eigenvalue weighted by Gasteiger charge is 2.27. The third-order valence-electron chi connectivity index (χ3n) is 3.70. The molecular formula is C17H16BrN3O3S. The van der Waals surface area contributed by atoms with Crippen molar-refractivity contribution in [1.29, 1.82) is 0 Å². The van der Waals surface area contributed by atoms with Crippen molar-refractivity contribution >= 4 is 45.2 Å². The van der Waals surface area contributed by atoms with Gasteiger partial charge in [-0.05, 0) is 30.3 Å². The maximum Gasteiger partial charge on any atom is 0.240 e. The summed E-state index contributed by atoms with van der Waals surface area (Å²) in [5.74, 6) is 0.651. The number of ether oxygens (including phenoxy) is 1. The van der Waals surface area contributed by atoms with Crippen LogP contribution in [0.5, 0.6) is 5.75 Å². The van der Waals surface area contributed by atoms with E-state index in [1.165, 1.54) is 16.7 Å². The van der Waals surface area contributed by atoms with Gasteiger partial charge in [0.15, 0.2) is 0 Å². The first-order valence-corrected chi connectivity index (χ1v) is 9.33. The predicted molar refractivity (Wildman–Crippen MR) is 99.9 cm³/mol. The summed E-state index contributed by atoms with van der Waals surface area (Å²) in [6.07, 6.45) is 1.68. The van der Waals surface area contributed by atoms with E-state index >= 15 is 0 Å². The highest BCUT2D eigenvalue weighted by Crippen LogP contribution is 2.32. The standard InChI is InChI=1S/C17H16BrN3O3S/c1-24-14-5-4-12(18)7-11(14)8-20-15(22)9-21-13-3-2-6-19-17(13)25-10-16(21)23/h2-7H,8-10H2,1H3,(H,20,22). The van der Waals surface area contributed by atoms with E-state index in [0.717, 1.165) is 15.1 Å². The molecule has 0 saturated carbocycles. The number of anilines is 1. The number of pyridine rings is 1. The lowest BCUT2D eigenvalue weighted by atomic mass is 10.2. The molecule has 1 aliphatic heterocycles. The number of nitrogens with one attached hydrogen (secondary N) is 1. The number of amides is 2. The fourth-order valence-corrected chi connectivity index (χ4v) is 3.78. The average molecular weight is 422 g/mol. The maximum atomic E-state index is 12.3. The number of nitrogens with zero attached hydrogens (tertiary/aromatic N) is 2. The van der Waals surface area contributed by atoms with Crippen molar-refractivity contribution in [3.05, 3.63) is 46.6 Å². The smallest absolute Gasteiger partial charge is 0.240 e. The van der Waals surface area contributed by atoms with Crippen molar-refractivity contribution in [3.63, 3.8) is 0 Å². The number of methoxy groups -OCH3 is 1. The second-order valence-electron chi connectivity index (χ2n) is 5.33. The number of carbonyl (C=O) groups excluding carboxylic acids is 2. The maximum absolute atomic E-state index is 12.3. The van der Waals surface area contributed by atoms with Gasteiger partial charge in [-0.3, -0.25) is 14.5 Å². The molecule has 0 unspecified atom stereocenters. The summed E-state index contributed by atoms with van der Waals surface area (Å²) in [5.41, 5.74) is 1.53. The Kier molecular flexibility index (Phi) is 5.60. The number of benzene rings is 1. The lowest BCUT2D eigenvalue weighted by Crippen LogP contribution is -2.43. The molecule has 0 atom stereocenters. The van der Waals surface area contributed by atoms with Crippen LogP contribution < -0.4 is 15.0 Å². The van der Waals surface area contributed by atoms with Gasteiger partial charge in [0.25, 0.3) is 0 Å². The first kappa shape index (κ1) is 17.8. The number of carbonyl (C=O) groups is 2. The van der Waals surface area contributed by atoms with E-state index in [2.05, 4.69) is 26.2 Å². The van der Waals surface area contributed by atoms with Crippen LogP contribution in [0.15, 0.2) is 46.0 Å². The van der Waals surface area contributed by atoms with E-state index in [1.807, 2.05) is 18.2 Å². The van der Waals surface area contributed by atoms with Crippen molar-refractivity contribution in [1.82, 2.24) is 10.3 Å². The summed E-state index contributed by atoms with van der Waals surface area (Å²) in [6, 6.07) is 9.16. The minimum atomic E-state index is -0.239. The van der Waals surface area contributed by atoms with E-state index in [0.29, 0.717) is 18.0 Å². The molecule has 0 bridgehead atoms. The number of hydrogen-bond donors (Lipinski definition) is 1. The molecule has 1 aliphatic rings. The molecule has 6 nitrogen and oxygen atoms in total. The van der Waals surface area contributed by atoms with Gasteiger partial charge in [-0.1, -0.05) is 27.7 Å². The molecule has 0 saturated heterocycles. The summed E-state index contributed by atoms with van der Waals surface area (Å²) in [4.78, 5) is 30.3. The summed E-state index contributed by atoms with van der Waals surface area (Å²) >= 11 is 4.80. The van der Waals surface area contributed by atoms with Gasteiger partial charge < -0.3 is 10.1 Å². The molecular weight excluding hydrogens is 406 g/mol. The number of fused-ring (bicyclic) bond motifs is 1. The molecule has 1 aromatic carbocycles. The SMILES string of the molecule is COc1ccc(Br)cc1CNC(=O)CN1C(=O)CSc2ncccc21. The summed E-state index contributed by atoms with van der Waals surface area (Å²) in [6.45, 7) is 0.284. The zero-order valence-corrected chi connectivity index (χ0v) is 15.9. The number of aromatic nitrogens is 1. The van der Waals surface area contributed by atoms with E-state index in [-0.39, 0.29) is 24.1 Å². The second kappa shape index (κ2) is 7.88. The number of rotatable bonds is 5. The van der Waals surface area contributed by atoms with Crippen LogP contribution in [0, 0.1) is 0 Å². The van der Waals surface area contributed by atoms with Crippen LogP contribution in [-0.4, -0.2) is 36.2 Å². The van der Waals surface area contributed by atoms with Crippen LogP contribution in [0.25, 0.3) is 0 Å². The summed E-state index contributed by atoms with van der Waals surface area (Å²) in [7, 11) is 1.59. The molecule has 2 amide bonds. The quantitative estimate of drug-likeness (QED) is 0.802. The normalized spacial score (nSPS) is 13.4. The monoisotopic (exact) mass is 421 g/mol. The van der Waals surface area contributed by atoms with Gasteiger partial charge in [0.1, 0.15) is 17.3 Å². The van der Waals surface area contributed by atoms with Gasteiger partial charge in [0, 0.05) is 22.8 Å². The zero-order valence-electron chi connectivity index (χ0n) is 13.5. The number of halogens is 1. The molecule has 1 aromatic heterocycles. The predicted octanol–water partition coefficient (Wildman–Crippen LogP) is 2.61. The minimum Gasteiger partial charge on any atom is -0.496 e. The van der Waals surface area contributed by atoms with Crippen LogP contribution in [-0.2, 0) is 16.1 Å². The van der Waals surface area contributed by atoms with Crippen molar-refractivity contribution in [2.24, 2.45) is 0 Å². The van der Waals surface area contributed by atoms with Crippen molar-refractivity contribution in [2.45, 2.75) is 11.6 Å². The van der Waals surface area contributed by atoms with E-state index in [4.69, 9.17) is 4.74 Å². The van der Waals surface area contributed by atoms with Crippen molar-refractivity contribution in [3.8, 4) is 5.75 Å². The van der Waals surface area contributed by atoms with Crippen LogP contribution in [0.2, 0.25) is 0 Å². The largest absolute Gasteiger partial charge is 0.496 e. The Bertz CT molecular complexity index is 815. The molecule has 2 heterocycles. The Morgan fingerprint density at radius 2 is 2.28 bits per heavy atom. The topological polar surface area (TPSA) is 71.5 Å². The van der Waals surface area contributed by atoms with E-state index in [1.54, 1.807) is 25.4 Å². The van der Waals surface area contributed by atoms with Crippen LogP contribution in [0.1, 0.15) is 5.56 Å². The Labute approximate surface area is 158 Å². The van der Waals surface area contributed by atoms with Crippen molar-refractivity contribution in [2.75, 3.05) is 24.3 Å². The Morgan fingerprint density at radius 1 is 1.44 bits per heavy atom. The lowest BCUT2D eigenvalue weighted by Gasteiger charge is -2.27. The van der Waals surface area contributed by atoms with Crippen molar-refractivity contribution < 1.29 is 14.3 Å². The highest BCUT2D eigenvalue weighted by atomic mass is 79.9. The molecule has 8 heteroatoms. The molecule has 0 fully saturated rings. The van der Waals surface area contributed by atoms with Crippen LogP contribution >= 0.6 is 27.7 Å². The number of thioether (sulfide) groups is 1. The molecule has 0 radical (unpaired) electrons. The lowest BCUT2D eigenvalue weighted by molar-refractivity contribution is -0.123. The van der Waals surface area contributed by atoms with Gasteiger partial charge in [0.2, 0.25) is 11.8 Å². The van der Waals surface area contributed by atoms with Gasteiger partial charge >= 0.3 is 0 Å². The zero-order chi connectivity index (χ0) is 17.8. The van der Waals surface area contributed by atoms with Gasteiger partial charge in [-0.15, -0.1) is 0 Å². The third kappa shape index (κ3) is 4.13. The molecule has 130 valence electrons. The van der Waals surface area contributed by atoms with E-state index in [9.17, 15) is 9.59 Å². The first-order valence-electron chi connectivity index (χ1n) is 7.56. The molecule has 1 N–H and O–H groups in total. The number of hydrogen-bond acceptors (Lipinski definition) is 5. The van der Waals surface area contributed by atoms with Gasteiger partial charge in [-0.2, -0.15) is 0 Å². The fraction of sp³-hybridized carbons (Fsp3) is 0.235. The highest BCUT2D eigenvalue weighted by molar-refractivity contribution is 9.10. The van der Waals surface area contributed by atoms with Crippen LogP contribution in [0.4, 0.5) is 5.69 Å². The third-order valence-corrected chi connectivity index (χ3v) is 5.17. The molecule has 0 spiro atoms. The van der Waals surface area contributed by atoms with Gasteiger partial charge in [-0.25, -0.2) is 4.98 Å². The van der Waals surface area contributed by atoms with E-state index < -0.39 is 0 Å². The molecule has 0 aliphatic carbocycles.